The Morgan fingerprint density at radius 1 is 1.33 bits per heavy atom. The van der Waals surface area contributed by atoms with Crippen molar-refractivity contribution >= 4 is 5.69 Å². The molecule has 0 aromatic carbocycles. The molecule has 0 aliphatic carbocycles. The van der Waals surface area contributed by atoms with Gasteiger partial charge >= 0.3 is 0 Å². The lowest BCUT2D eigenvalue weighted by Gasteiger charge is -2.09. The Labute approximate surface area is 106 Å². The summed E-state index contributed by atoms with van der Waals surface area (Å²) in [5.74, 6) is 0. The zero-order valence-corrected chi connectivity index (χ0v) is 10.5. The lowest BCUT2D eigenvalue weighted by atomic mass is 10.3. The van der Waals surface area contributed by atoms with E-state index in [9.17, 15) is 4.79 Å². The molecular weight excluding hydrogens is 226 g/mol. The van der Waals surface area contributed by atoms with Gasteiger partial charge in [-0.2, -0.15) is 0 Å². The van der Waals surface area contributed by atoms with Crippen molar-refractivity contribution in [2.24, 2.45) is 0 Å². The summed E-state index contributed by atoms with van der Waals surface area (Å²) < 4.78 is 1.73. The number of nitrogens with one attached hydrogen (secondary N) is 1. The van der Waals surface area contributed by atoms with Gasteiger partial charge in [-0.05, 0) is 24.1 Å². The van der Waals surface area contributed by atoms with Crippen LogP contribution >= 0.6 is 0 Å². The van der Waals surface area contributed by atoms with E-state index < -0.39 is 0 Å². The first-order valence-corrected chi connectivity index (χ1v) is 6.13. The van der Waals surface area contributed by atoms with Crippen molar-refractivity contribution in [3.8, 4) is 0 Å². The molecule has 2 rings (SSSR count). The summed E-state index contributed by atoms with van der Waals surface area (Å²) >= 11 is 0. The molecule has 0 fully saturated rings. The highest BCUT2D eigenvalue weighted by atomic mass is 16.1. The van der Waals surface area contributed by atoms with E-state index in [0.29, 0.717) is 6.54 Å². The standard InChI is InChI=1S/C14H17N3O/c1-2-8-17-11-13(5-6-14(17)18)16-10-12-4-3-7-15-9-12/h3-7,9,11,16H,2,8,10H2,1H3. The van der Waals surface area contributed by atoms with Gasteiger partial charge in [0.2, 0.25) is 0 Å². The van der Waals surface area contributed by atoms with Gasteiger partial charge in [0, 0.05) is 37.7 Å². The molecule has 2 aromatic rings. The van der Waals surface area contributed by atoms with Crippen LogP contribution in [0.2, 0.25) is 0 Å². The molecule has 0 unspecified atom stereocenters. The maximum Gasteiger partial charge on any atom is 0.250 e. The van der Waals surface area contributed by atoms with Gasteiger partial charge in [-0.25, -0.2) is 0 Å². The van der Waals surface area contributed by atoms with E-state index >= 15 is 0 Å². The molecule has 0 spiro atoms. The SMILES string of the molecule is CCCn1cc(NCc2cccnc2)ccc1=O. The number of hydrogen-bond acceptors (Lipinski definition) is 3. The highest BCUT2D eigenvalue weighted by molar-refractivity contribution is 5.40. The molecule has 0 atom stereocenters. The topological polar surface area (TPSA) is 46.9 Å². The monoisotopic (exact) mass is 243 g/mol. The third kappa shape index (κ3) is 3.20. The first kappa shape index (κ1) is 12.4. The summed E-state index contributed by atoms with van der Waals surface area (Å²) in [6, 6.07) is 7.34. The molecule has 1 N–H and O–H groups in total. The summed E-state index contributed by atoms with van der Waals surface area (Å²) in [6.07, 6.45) is 6.40. The molecule has 0 saturated heterocycles. The molecule has 0 amide bonds. The third-order valence-electron chi connectivity index (χ3n) is 2.67. The average molecular weight is 243 g/mol. The minimum atomic E-state index is 0.0452. The average Bonchev–Trinajstić information content (AvgIpc) is 2.41. The molecule has 0 aliphatic rings. The van der Waals surface area contributed by atoms with E-state index in [-0.39, 0.29) is 5.56 Å². The summed E-state index contributed by atoms with van der Waals surface area (Å²) in [6.45, 7) is 3.52. The smallest absolute Gasteiger partial charge is 0.250 e. The Hall–Kier alpha value is -2.10. The molecule has 2 aromatic heterocycles. The molecule has 2 heterocycles. The van der Waals surface area contributed by atoms with E-state index in [1.807, 2.05) is 30.6 Å². The van der Waals surface area contributed by atoms with Crippen LogP contribution < -0.4 is 10.9 Å². The number of aryl methyl sites for hydroxylation is 1. The van der Waals surface area contributed by atoms with E-state index in [0.717, 1.165) is 24.2 Å². The van der Waals surface area contributed by atoms with Crippen LogP contribution in [0.4, 0.5) is 5.69 Å². The van der Waals surface area contributed by atoms with Crippen LogP contribution in [0.1, 0.15) is 18.9 Å². The quantitative estimate of drug-likeness (QED) is 0.876. The Balaban J connectivity index is 2.06. The second kappa shape index (κ2) is 6.00. The van der Waals surface area contributed by atoms with Crippen molar-refractivity contribution in [1.82, 2.24) is 9.55 Å². The van der Waals surface area contributed by atoms with Crippen molar-refractivity contribution in [2.45, 2.75) is 26.4 Å². The first-order valence-electron chi connectivity index (χ1n) is 6.13. The largest absolute Gasteiger partial charge is 0.380 e. The molecule has 94 valence electrons. The number of nitrogens with zero attached hydrogens (tertiary/aromatic N) is 2. The van der Waals surface area contributed by atoms with Gasteiger partial charge in [0.05, 0.1) is 5.69 Å². The predicted molar refractivity (Wildman–Crippen MR) is 72.6 cm³/mol. The summed E-state index contributed by atoms with van der Waals surface area (Å²) in [7, 11) is 0. The lowest BCUT2D eigenvalue weighted by molar-refractivity contribution is 0.655. The fraction of sp³-hybridized carbons (Fsp3) is 0.286. The molecule has 18 heavy (non-hydrogen) atoms. The van der Waals surface area contributed by atoms with Gasteiger partial charge in [0.1, 0.15) is 0 Å². The van der Waals surface area contributed by atoms with Crippen LogP contribution in [0.3, 0.4) is 0 Å². The van der Waals surface area contributed by atoms with E-state index in [2.05, 4.69) is 17.2 Å². The van der Waals surface area contributed by atoms with Crippen LogP contribution in [0.15, 0.2) is 47.7 Å². The summed E-state index contributed by atoms with van der Waals surface area (Å²) in [5.41, 5.74) is 2.11. The second-order valence-corrected chi connectivity index (χ2v) is 4.16. The summed E-state index contributed by atoms with van der Waals surface area (Å²) in [5, 5.41) is 3.29. The van der Waals surface area contributed by atoms with E-state index in [1.165, 1.54) is 0 Å². The molecule has 0 bridgehead atoms. The van der Waals surface area contributed by atoms with E-state index in [1.54, 1.807) is 16.8 Å². The molecular formula is C14H17N3O. The maximum atomic E-state index is 11.6. The Bertz CT molecular complexity index is 548. The van der Waals surface area contributed by atoms with Crippen LogP contribution in [0.25, 0.3) is 0 Å². The molecule has 4 heteroatoms. The zero-order chi connectivity index (χ0) is 12.8. The molecule has 0 saturated carbocycles. The van der Waals surface area contributed by atoms with Gasteiger partial charge in [-0.3, -0.25) is 9.78 Å². The number of rotatable bonds is 5. The van der Waals surface area contributed by atoms with Crippen molar-refractivity contribution in [2.75, 3.05) is 5.32 Å². The van der Waals surface area contributed by atoms with Gasteiger partial charge in [0.15, 0.2) is 0 Å². The Morgan fingerprint density at radius 2 is 2.22 bits per heavy atom. The lowest BCUT2D eigenvalue weighted by Crippen LogP contribution is -2.18. The zero-order valence-electron chi connectivity index (χ0n) is 10.5. The number of hydrogen-bond donors (Lipinski definition) is 1. The normalized spacial score (nSPS) is 10.3. The van der Waals surface area contributed by atoms with Crippen molar-refractivity contribution in [3.63, 3.8) is 0 Å². The van der Waals surface area contributed by atoms with Gasteiger partial charge in [-0.15, -0.1) is 0 Å². The molecule has 0 aliphatic heterocycles. The van der Waals surface area contributed by atoms with Crippen LogP contribution in [0, 0.1) is 0 Å². The van der Waals surface area contributed by atoms with Crippen LogP contribution in [-0.2, 0) is 13.1 Å². The fourth-order valence-corrected chi connectivity index (χ4v) is 1.76. The minimum Gasteiger partial charge on any atom is -0.380 e. The number of pyridine rings is 2. The third-order valence-corrected chi connectivity index (χ3v) is 2.67. The van der Waals surface area contributed by atoms with Gasteiger partial charge < -0.3 is 9.88 Å². The van der Waals surface area contributed by atoms with Crippen LogP contribution in [-0.4, -0.2) is 9.55 Å². The first-order chi connectivity index (χ1) is 8.79. The Kier molecular flexibility index (Phi) is 4.12. The Morgan fingerprint density at radius 3 is 2.94 bits per heavy atom. The predicted octanol–water partition coefficient (Wildman–Crippen LogP) is 2.27. The highest BCUT2D eigenvalue weighted by Gasteiger charge is 1.98. The molecule has 4 nitrogen and oxygen atoms in total. The fourth-order valence-electron chi connectivity index (χ4n) is 1.76. The number of aromatic nitrogens is 2. The van der Waals surface area contributed by atoms with Crippen molar-refractivity contribution in [1.29, 1.82) is 0 Å². The van der Waals surface area contributed by atoms with Gasteiger partial charge in [-0.1, -0.05) is 13.0 Å². The van der Waals surface area contributed by atoms with Crippen molar-refractivity contribution in [3.05, 3.63) is 58.8 Å². The van der Waals surface area contributed by atoms with E-state index in [4.69, 9.17) is 0 Å². The highest BCUT2D eigenvalue weighted by Crippen LogP contribution is 2.06. The second-order valence-electron chi connectivity index (χ2n) is 4.16. The minimum absolute atomic E-state index is 0.0452. The number of anilines is 1. The molecule has 0 radical (unpaired) electrons. The maximum absolute atomic E-state index is 11.6. The summed E-state index contributed by atoms with van der Waals surface area (Å²) in [4.78, 5) is 15.6. The van der Waals surface area contributed by atoms with Crippen LogP contribution in [0.5, 0.6) is 0 Å². The van der Waals surface area contributed by atoms with Crippen molar-refractivity contribution < 1.29 is 0 Å². The van der Waals surface area contributed by atoms with Gasteiger partial charge in [0.25, 0.3) is 5.56 Å².